The predicted molar refractivity (Wildman–Crippen MR) is 96.0 cm³/mol. The van der Waals surface area contributed by atoms with Gasteiger partial charge in [0.25, 0.3) is 0 Å². The van der Waals surface area contributed by atoms with Crippen molar-refractivity contribution in [1.29, 1.82) is 0 Å². The van der Waals surface area contributed by atoms with Crippen molar-refractivity contribution in [3.63, 3.8) is 0 Å². The minimum atomic E-state index is -1.60. The maximum atomic E-state index is 12.7. The normalized spacial score (nSPS) is 38.2. The Morgan fingerprint density at radius 1 is 1.32 bits per heavy atom. The standard InChI is InChI=1S/C20H31NO4/c1-13(2)4-5-14-12-20(24,9-8-18(14)22)19(23)25-17-10-15-6-7-16(11-17)21(15)3/h4,12,15-18,22,24H,5-11H2,1-3H3/t15-,16+,17?,18-,20-/m0/s1. The fourth-order valence-corrected chi connectivity index (χ4v) is 4.41. The van der Waals surface area contributed by atoms with E-state index in [1.54, 1.807) is 0 Å². The van der Waals surface area contributed by atoms with E-state index in [-0.39, 0.29) is 12.5 Å². The number of carbonyl (C=O) groups excluding carboxylic acids is 1. The molecule has 1 unspecified atom stereocenters. The van der Waals surface area contributed by atoms with Gasteiger partial charge >= 0.3 is 5.97 Å². The first-order valence-electron chi connectivity index (χ1n) is 9.47. The second-order valence-corrected chi connectivity index (χ2v) is 8.23. The topological polar surface area (TPSA) is 70.0 Å². The van der Waals surface area contributed by atoms with E-state index in [1.165, 1.54) is 18.9 Å². The van der Waals surface area contributed by atoms with Crippen LogP contribution in [0.2, 0.25) is 0 Å². The number of aliphatic hydroxyl groups excluding tert-OH is 1. The van der Waals surface area contributed by atoms with Gasteiger partial charge in [-0.2, -0.15) is 0 Å². The summed E-state index contributed by atoms with van der Waals surface area (Å²) in [6.07, 6.45) is 8.02. The first-order chi connectivity index (χ1) is 11.8. The molecule has 0 spiro atoms. The summed E-state index contributed by atoms with van der Waals surface area (Å²) < 4.78 is 5.71. The molecule has 0 radical (unpaired) electrons. The molecule has 2 saturated heterocycles. The first-order valence-corrected chi connectivity index (χ1v) is 9.47. The van der Waals surface area contributed by atoms with Gasteiger partial charge in [-0.15, -0.1) is 0 Å². The van der Waals surface area contributed by atoms with E-state index in [4.69, 9.17) is 4.74 Å². The number of hydrogen-bond acceptors (Lipinski definition) is 5. The van der Waals surface area contributed by atoms with Crippen LogP contribution in [-0.2, 0) is 9.53 Å². The van der Waals surface area contributed by atoms with Gasteiger partial charge in [0.2, 0.25) is 0 Å². The molecule has 0 aromatic heterocycles. The SMILES string of the molecule is CC(C)=CCC1=C[C@](O)(C(=O)OC2C[C@H]3CC[C@@H](C2)N3C)CC[C@@H]1O. The lowest BCUT2D eigenvalue weighted by Gasteiger charge is -2.38. The van der Waals surface area contributed by atoms with E-state index in [2.05, 4.69) is 11.9 Å². The zero-order valence-corrected chi connectivity index (χ0v) is 15.6. The van der Waals surface area contributed by atoms with Crippen molar-refractivity contribution in [3.8, 4) is 0 Å². The molecule has 0 aromatic rings. The number of carbonyl (C=O) groups is 1. The molecule has 140 valence electrons. The molecule has 0 saturated carbocycles. The third-order valence-electron chi connectivity index (χ3n) is 6.08. The Balaban J connectivity index is 1.67. The van der Waals surface area contributed by atoms with Crippen LogP contribution in [0.4, 0.5) is 0 Å². The van der Waals surface area contributed by atoms with Crippen molar-refractivity contribution in [3.05, 3.63) is 23.3 Å². The number of esters is 1. The van der Waals surface area contributed by atoms with Crippen LogP contribution in [-0.4, -0.2) is 58.0 Å². The minimum Gasteiger partial charge on any atom is -0.460 e. The number of nitrogens with zero attached hydrogens (tertiary/aromatic N) is 1. The summed E-state index contributed by atoms with van der Waals surface area (Å²) in [4.78, 5) is 15.1. The Morgan fingerprint density at radius 2 is 1.96 bits per heavy atom. The molecule has 3 aliphatic rings. The van der Waals surface area contributed by atoms with Crippen molar-refractivity contribution in [2.24, 2.45) is 0 Å². The molecule has 1 aliphatic carbocycles. The van der Waals surface area contributed by atoms with Crippen LogP contribution in [0.25, 0.3) is 0 Å². The van der Waals surface area contributed by atoms with Gasteiger partial charge in [0.05, 0.1) is 6.10 Å². The molecule has 3 rings (SSSR count). The van der Waals surface area contributed by atoms with Gasteiger partial charge in [-0.05, 0) is 77.5 Å². The van der Waals surface area contributed by atoms with E-state index in [1.807, 2.05) is 19.9 Å². The number of rotatable bonds is 4. The van der Waals surface area contributed by atoms with Crippen LogP contribution >= 0.6 is 0 Å². The molecule has 2 heterocycles. The molecular formula is C20H31NO4. The number of ether oxygens (including phenoxy) is 1. The van der Waals surface area contributed by atoms with Crippen LogP contribution in [0.1, 0.15) is 58.8 Å². The van der Waals surface area contributed by atoms with E-state index < -0.39 is 17.7 Å². The molecule has 25 heavy (non-hydrogen) atoms. The molecule has 2 fully saturated rings. The average Bonchev–Trinajstić information content (AvgIpc) is 2.77. The van der Waals surface area contributed by atoms with Crippen molar-refractivity contribution in [2.45, 2.75) is 88.7 Å². The number of hydrogen-bond donors (Lipinski definition) is 2. The van der Waals surface area contributed by atoms with Gasteiger partial charge in [0, 0.05) is 12.1 Å². The van der Waals surface area contributed by atoms with Crippen LogP contribution < -0.4 is 0 Å². The van der Waals surface area contributed by atoms with Gasteiger partial charge in [-0.25, -0.2) is 4.79 Å². The zero-order chi connectivity index (χ0) is 18.2. The summed E-state index contributed by atoms with van der Waals surface area (Å²) in [5.41, 5.74) is 0.244. The fraction of sp³-hybridized carbons (Fsp3) is 0.750. The van der Waals surface area contributed by atoms with Crippen molar-refractivity contribution in [1.82, 2.24) is 4.90 Å². The highest BCUT2D eigenvalue weighted by molar-refractivity contribution is 5.82. The smallest absolute Gasteiger partial charge is 0.342 e. The summed E-state index contributed by atoms with van der Waals surface area (Å²) in [6, 6.07) is 0.978. The second kappa shape index (κ2) is 7.22. The molecule has 5 atom stereocenters. The van der Waals surface area contributed by atoms with E-state index in [0.29, 0.717) is 30.5 Å². The Morgan fingerprint density at radius 3 is 2.56 bits per heavy atom. The number of allylic oxidation sites excluding steroid dienone is 2. The Labute approximate surface area is 150 Å². The fourth-order valence-electron chi connectivity index (χ4n) is 4.41. The quantitative estimate of drug-likeness (QED) is 0.602. The number of piperidine rings is 1. The summed E-state index contributed by atoms with van der Waals surface area (Å²) in [6.45, 7) is 3.98. The third-order valence-corrected chi connectivity index (χ3v) is 6.08. The molecule has 2 aliphatic heterocycles. The number of fused-ring (bicyclic) bond motifs is 2. The Hall–Kier alpha value is -1.17. The first kappa shape index (κ1) is 18.6. The summed E-state index contributed by atoms with van der Waals surface area (Å²) in [5, 5.41) is 21.0. The van der Waals surface area contributed by atoms with Crippen LogP contribution in [0, 0.1) is 0 Å². The maximum Gasteiger partial charge on any atom is 0.342 e. The molecule has 0 aromatic carbocycles. The Kier molecular flexibility index (Phi) is 5.37. The van der Waals surface area contributed by atoms with Crippen molar-refractivity contribution >= 4 is 5.97 Å². The largest absolute Gasteiger partial charge is 0.460 e. The maximum absolute atomic E-state index is 12.7. The molecule has 5 nitrogen and oxygen atoms in total. The third kappa shape index (κ3) is 3.99. The van der Waals surface area contributed by atoms with Crippen molar-refractivity contribution < 1.29 is 19.7 Å². The van der Waals surface area contributed by atoms with Gasteiger partial charge in [-0.1, -0.05) is 11.6 Å². The van der Waals surface area contributed by atoms with Crippen LogP contribution in [0.15, 0.2) is 23.3 Å². The predicted octanol–water partition coefficient (Wildman–Crippen LogP) is 2.32. The zero-order valence-electron chi connectivity index (χ0n) is 15.6. The lowest BCUT2D eigenvalue weighted by atomic mass is 9.83. The van der Waals surface area contributed by atoms with Crippen molar-refractivity contribution in [2.75, 3.05) is 7.05 Å². The molecule has 0 amide bonds. The summed E-state index contributed by atoms with van der Waals surface area (Å²) in [7, 11) is 2.15. The molecular weight excluding hydrogens is 318 g/mol. The Bertz CT molecular complexity index is 566. The molecule has 2 N–H and O–H groups in total. The molecule has 5 heteroatoms. The lowest BCUT2D eigenvalue weighted by molar-refractivity contribution is -0.171. The number of aliphatic hydroxyl groups is 2. The highest BCUT2D eigenvalue weighted by Gasteiger charge is 2.44. The van der Waals surface area contributed by atoms with E-state index >= 15 is 0 Å². The summed E-state index contributed by atoms with van der Waals surface area (Å²) >= 11 is 0. The molecule has 2 bridgehead atoms. The van der Waals surface area contributed by atoms with Crippen LogP contribution in [0.5, 0.6) is 0 Å². The minimum absolute atomic E-state index is 0.105. The van der Waals surface area contributed by atoms with Gasteiger partial charge in [0.1, 0.15) is 6.10 Å². The van der Waals surface area contributed by atoms with Gasteiger partial charge < -0.3 is 19.8 Å². The van der Waals surface area contributed by atoms with Crippen LogP contribution in [0.3, 0.4) is 0 Å². The second-order valence-electron chi connectivity index (χ2n) is 8.23. The van der Waals surface area contributed by atoms with Gasteiger partial charge in [-0.3, -0.25) is 0 Å². The summed E-state index contributed by atoms with van der Waals surface area (Å²) in [5.74, 6) is -0.553. The average molecular weight is 349 g/mol. The highest BCUT2D eigenvalue weighted by atomic mass is 16.6. The van der Waals surface area contributed by atoms with E-state index in [9.17, 15) is 15.0 Å². The highest BCUT2D eigenvalue weighted by Crippen LogP contribution is 2.37. The monoisotopic (exact) mass is 349 g/mol. The van der Waals surface area contributed by atoms with E-state index in [0.717, 1.165) is 18.4 Å². The van der Waals surface area contributed by atoms with Gasteiger partial charge in [0.15, 0.2) is 5.60 Å². The lowest BCUT2D eigenvalue weighted by Crippen LogP contribution is -2.48.